The van der Waals surface area contributed by atoms with E-state index in [2.05, 4.69) is 18.9 Å². The van der Waals surface area contributed by atoms with Gasteiger partial charge >= 0.3 is 0 Å². The summed E-state index contributed by atoms with van der Waals surface area (Å²) in [5.74, 6) is 1.37. The summed E-state index contributed by atoms with van der Waals surface area (Å²) < 4.78 is 0. The van der Waals surface area contributed by atoms with Crippen molar-refractivity contribution < 1.29 is 5.11 Å². The molecule has 70 valence electrons. The van der Waals surface area contributed by atoms with Gasteiger partial charge in [-0.2, -0.15) is 0 Å². The Hall–Kier alpha value is -0.0800. The third kappa shape index (κ3) is 1.09. The Morgan fingerprint density at radius 2 is 2.17 bits per heavy atom. The van der Waals surface area contributed by atoms with E-state index in [0.29, 0.717) is 12.0 Å². The zero-order chi connectivity index (χ0) is 8.72. The average Bonchev–Trinajstić information content (AvgIpc) is 2.59. The van der Waals surface area contributed by atoms with Gasteiger partial charge in [-0.15, -0.1) is 0 Å². The molecule has 0 aromatic carbocycles. The minimum atomic E-state index is 0.00255. The van der Waals surface area contributed by atoms with Gasteiger partial charge in [0, 0.05) is 12.0 Å². The zero-order valence-corrected chi connectivity index (χ0v) is 8.03. The van der Waals surface area contributed by atoms with E-state index in [-0.39, 0.29) is 6.10 Å². The van der Waals surface area contributed by atoms with E-state index in [1.54, 1.807) is 0 Å². The van der Waals surface area contributed by atoms with Crippen LogP contribution in [0.4, 0.5) is 0 Å². The topological polar surface area (TPSA) is 23.5 Å². The lowest BCUT2D eigenvalue weighted by atomic mass is 9.98. The molecular formula is C10H19NO. The first-order chi connectivity index (χ1) is 5.74. The van der Waals surface area contributed by atoms with Gasteiger partial charge in [0.15, 0.2) is 0 Å². The van der Waals surface area contributed by atoms with Crippen molar-refractivity contribution in [3.63, 3.8) is 0 Å². The third-order valence-electron chi connectivity index (χ3n) is 3.84. The van der Waals surface area contributed by atoms with Crippen molar-refractivity contribution >= 4 is 0 Å². The van der Waals surface area contributed by atoms with Gasteiger partial charge in [0.05, 0.1) is 6.10 Å². The first kappa shape index (κ1) is 8.52. The molecule has 0 aliphatic heterocycles. The van der Waals surface area contributed by atoms with E-state index in [0.717, 1.165) is 18.9 Å². The fourth-order valence-corrected chi connectivity index (χ4v) is 3.16. The van der Waals surface area contributed by atoms with Gasteiger partial charge in [-0.3, -0.25) is 0 Å². The van der Waals surface area contributed by atoms with Crippen molar-refractivity contribution in [2.45, 2.75) is 38.3 Å². The highest BCUT2D eigenvalue weighted by Gasteiger charge is 2.48. The number of aliphatic hydroxyl groups is 1. The van der Waals surface area contributed by atoms with Crippen LogP contribution in [0.15, 0.2) is 0 Å². The van der Waals surface area contributed by atoms with Crippen molar-refractivity contribution in [3.05, 3.63) is 0 Å². The third-order valence-corrected chi connectivity index (χ3v) is 3.84. The second kappa shape index (κ2) is 3.00. The van der Waals surface area contributed by atoms with Crippen LogP contribution in [0, 0.1) is 11.8 Å². The number of nitrogens with zero attached hydrogens (tertiary/aromatic N) is 1. The fourth-order valence-electron chi connectivity index (χ4n) is 3.16. The molecule has 0 spiro atoms. The minimum Gasteiger partial charge on any atom is -0.393 e. The highest BCUT2D eigenvalue weighted by molar-refractivity contribution is 5.01. The van der Waals surface area contributed by atoms with E-state index < -0.39 is 0 Å². The van der Waals surface area contributed by atoms with Crippen molar-refractivity contribution in [2.24, 2.45) is 11.8 Å². The zero-order valence-electron chi connectivity index (χ0n) is 8.03. The standard InChI is InChI=1S/C10H19NO/c1-3-11(2)10-7-4-5-8(10)9(12)6-7/h7-10,12H,3-6H2,1-2H3/t7-,8+,9-,10+/m1/s1. The van der Waals surface area contributed by atoms with Crippen LogP contribution in [0.25, 0.3) is 0 Å². The predicted molar refractivity (Wildman–Crippen MR) is 48.9 cm³/mol. The number of fused-ring (bicyclic) bond motifs is 2. The summed E-state index contributed by atoms with van der Waals surface area (Å²) in [6.07, 6.45) is 3.65. The minimum absolute atomic E-state index is 0.00255. The molecule has 2 aliphatic rings. The maximum absolute atomic E-state index is 9.71. The maximum atomic E-state index is 9.71. The molecule has 12 heavy (non-hydrogen) atoms. The Bertz CT molecular complexity index is 171. The van der Waals surface area contributed by atoms with Gasteiger partial charge in [0.25, 0.3) is 0 Å². The molecule has 2 fully saturated rings. The van der Waals surface area contributed by atoms with Crippen LogP contribution in [0.5, 0.6) is 0 Å². The quantitative estimate of drug-likeness (QED) is 0.669. The lowest BCUT2D eigenvalue weighted by Crippen LogP contribution is -2.36. The Labute approximate surface area is 74.6 Å². The molecule has 2 rings (SSSR count). The molecule has 0 aromatic heterocycles. The summed E-state index contributed by atoms with van der Waals surface area (Å²) in [5.41, 5.74) is 0. The Morgan fingerprint density at radius 3 is 2.58 bits per heavy atom. The highest BCUT2D eigenvalue weighted by atomic mass is 16.3. The van der Waals surface area contributed by atoms with Crippen LogP contribution >= 0.6 is 0 Å². The summed E-state index contributed by atoms with van der Waals surface area (Å²) in [7, 11) is 2.19. The number of hydrogen-bond acceptors (Lipinski definition) is 2. The first-order valence-corrected chi connectivity index (χ1v) is 5.12. The second-order valence-corrected chi connectivity index (χ2v) is 4.37. The predicted octanol–water partition coefficient (Wildman–Crippen LogP) is 1.10. The van der Waals surface area contributed by atoms with Gasteiger partial charge < -0.3 is 10.0 Å². The van der Waals surface area contributed by atoms with Crippen molar-refractivity contribution in [3.8, 4) is 0 Å². The lowest BCUT2D eigenvalue weighted by molar-refractivity contribution is 0.0972. The van der Waals surface area contributed by atoms with Crippen molar-refractivity contribution in [1.82, 2.24) is 4.90 Å². The summed E-state index contributed by atoms with van der Waals surface area (Å²) in [5, 5.41) is 9.71. The van der Waals surface area contributed by atoms with Gasteiger partial charge in [-0.1, -0.05) is 6.92 Å². The van der Waals surface area contributed by atoms with Crippen LogP contribution in [0.3, 0.4) is 0 Å². The largest absolute Gasteiger partial charge is 0.393 e. The molecule has 0 heterocycles. The van der Waals surface area contributed by atoms with Crippen LogP contribution in [0.1, 0.15) is 26.2 Å². The molecular weight excluding hydrogens is 150 g/mol. The van der Waals surface area contributed by atoms with Gasteiger partial charge in [-0.05, 0) is 38.8 Å². The molecule has 4 atom stereocenters. The monoisotopic (exact) mass is 169 g/mol. The average molecular weight is 169 g/mol. The van der Waals surface area contributed by atoms with E-state index in [1.807, 2.05) is 0 Å². The molecule has 2 saturated carbocycles. The summed E-state index contributed by atoms with van der Waals surface area (Å²) in [4.78, 5) is 2.42. The molecule has 1 N–H and O–H groups in total. The molecule has 0 unspecified atom stereocenters. The molecule has 0 aromatic rings. The SMILES string of the molecule is CCN(C)[C@H]1[C@@H]2CC[C@H]1[C@H](O)C2. The van der Waals surface area contributed by atoms with E-state index in [1.165, 1.54) is 12.8 Å². The van der Waals surface area contributed by atoms with E-state index in [9.17, 15) is 5.11 Å². The summed E-state index contributed by atoms with van der Waals surface area (Å²) in [6, 6.07) is 0.685. The maximum Gasteiger partial charge on any atom is 0.0586 e. The van der Waals surface area contributed by atoms with Crippen molar-refractivity contribution in [1.29, 1.82) is 0 Å². The van der Waals surface area contributed by atoms with Crippen LogP contribution < -0.4 is 0 Å². The molecule has 0 saturated heterocycles. The molecule has 2 bridgehead atoms. The normalized spacial score (nSPS) is 46.0. The van der Waals surface area contributed by atoms with E-state index >= 15 is 0 Å². The number of rotatable bonds is 2. The summed E-state index contributed by atoms with van der Waals surface area (Å²) in [6.45, 7) is 3.31. The molecule has 2 nitrogen and oxygen atoms in total. The molecule has 0 radical (unpaired) electrons. The number of hydrogen-bond donors (Lipinski definition) is 1. The Morgan fingerprint density at radius 1 is 1.42 bits per heavy atom. The smallest absolute Gasteiger partial charge is 0.0586 e. The highest BCUT2D eigenvalue weighted by Crippen LogP contribution is 2.46. The van der Waals surface area contributed by atoms with Crippen LogP contribution in [-0.4, -0.2) is 35.7 Å². The lowest BCUT2D eigenvalue weighted by Gasteiger charge is -2.27. The molecule has 2 heteroatoms. The van der Waals surface area contributed by atoms with Gasteiger partial charge in [-0.25, -0.2) is 0 Å². The fraction of sp³-hybridized carbons (Fsp3) is 1.00. The Kier molecular flexibility index (Phi) is 2.13. The van der Waals surface area contributed by atoms with Crippen LogP contribution in [-0.2, 0) is 0 Å². The number of aliphatic hydroxyl groups excluding tert-OH is 1. The summed E-state index contributed by atoms with van der Waals surface area (Å²) >= 11 is 0. The Balaban J connectivity index is 2.08. The van der Waals surface area contributed by atoms with Crippen molar-refractivity contribution in [2.75, 3.05) is 13.6 Å². The van der Waals surface area contributed by atoms with Gasteiger partial charge in [0.1, 0.15) is 0 Å². The van der Waals surface area contributed by atoms with E-state index in [4.69, 9.17) is 0 Å². The molecule has 0 amide bonds. The van der Waals surface area contributed by atoms with Gasteiger partial charge in [0.2, 0.25) is 0 Å². The molecule has 2 aliphatic carbocycles. The second-order valence-electron chi connectivity index (χ2n) is 4.37. The first-order valence-electron chi connectivity index (χ1n) is 5.12. The van der Waals surface area contributed by atoms with Crippen LogP contribution in [0.2, 0.25) is 0 Å².